The van der Waals surface area contributed by atoms with Gasteiger partial charge in [0.25, 0.3) is 0 Å². The van der Waals surface area contributed by atoms with Crippen LogP contribution in [0.3, 0.4) is 0 Å². The summed E-state index contributed by atoms with van der Waals surface area (Å²) in [5.41, 5.74) is 1.14. The molecule has 0 saturated carbocycles. The molecule has 1 saturated heterocycles. The summed E-state index contributed by atoms with van der Waals surface area (Å²) in [5, 5.41) is 8.90. The molecule has 0 aromatic heterocycles. The van der Waals surface area contributed by atoms with Crippen molar-refractivity contribution < 1.29 is 14.6 Å². The second kappa shape index (κ2) is 6.43. The molecule has 19 heavy (non-hydrogen) atoms. The number of ether oxygens (including phenoxy) is 1. The largest absolute Gasteiger partial charge is 0.497 e. The van der Waals surface area contributed by atoms with E-state index in [4.69, 9.17) is 9.84 Å². The molecule has 0 spiro atoms. The van der Waals surface area contributed by atoms with Gasteiger partial charge in [0.1, 0.15) is 12.4 Å². The van der Waals surface area contributed by atoms with E-state index in [0.717, 1.165) is 30.9 Å². The second-order valence-electron chi connectivity index (χ2n) is 4.58. The van der Waals surface area contributed by atoms with E-state index >= 15 is 0 Å². The zero-order chi connectivity index (χ0) is 13.7. The van der Waals surface area contributed by atoms with Gasteiger partial charge in [-0.2, -0.15) is 0 Å². The van der Waals surface area contributed by atoms with E-state index in [2.05, 4.69) is 4.90 Å². The van der Waals surface area contributed by atoms with Crippen LogP contribution in [-0.2, 0) is 4.79 Å². The van der Waals surface area contributed by atoms with E-state index in [-0.39, 0.29) is 5.91 Å². The fraction of sp³-hybridized carbons (Fsp3) is 0.500. The smallest absolute Gasteiger partial charge is 0.248 e. The molecule has 5 nitrogen and oxygen atoms in total. The number of hydrogen-bond acceptors (Lipinski definition) is 4. The number of rotatable bonds is 3. The maximum atomic E-state index is 11.5. The number of methoxy groups -OCH3 is 1. The molecule has 1 fully saturated rings. The fourth-order valence-electron chi connectivity index (χ4n) is 2.32. The maximum Gasteiger partial charge on any atom is 0.248 e. The molecule has 0 aliphatic carbocycles. The third-order valence-corrected chi connectivity index (χ3v) is 3.42. The Bertz CT molecular complexity index is 419. The molecule has 1 N–H and O–H groups in total. The van der Waals surface area contributed by atoms with Gasteiger partial charge in [-0.15, -0.1) is 0 Å². The van der Waals surface area contributed by atoms with Gasteiger partial charge >= 0.3 is 0 Å². The number of benzene rings is 1. The molecule has 1 amide bonds. The first-order chi connectivity index (χ1) is 9.24. The molecule has 0 unspecified atom stereocenters. The summed E-state index contributed by atoms with van der Waals surface area (Å²) < 4.78 is 5.15. The van der Waals surface area contributed by atoms with Crippen LogP contribution in [0.1, 0.15) is 6.42 Å². The van der Waals surface area contributed by atoms with E-state index in [1.165, 1.54) is 0 Å². The van der Waals surface area contributed by atoms with Gasteiger partial charge in [-0.3, -0.25) is 4.79 Å². The Kier molecular flexibility index (Phi) is 4.63. The predicted octanol–water partition coefficient (Wildman–Crippen LogP) is 0.726. The van der Waals surface area contributed by atoms with Gasteiger partial charge in [0, 0.05) is 31.9 Å². The molecule has 0 atom stereocenters. The van der Waals surface area contributed by atoms with Crippen LogP contribution >= 0.6 is 0 Å². The first kappa shape index (κ1) is 13.7. The van der Waals surface area contributed by atoms with Gasteiger partial charge < -0.3 is 19.6 Å². The molecule has 104 valence electrons. The third kappa shape index (κ3) is 3.38. The van der Waals surface area contributed by atoms with E-state index in [0.29, 0.717) is 13.1 Å². The quantitative estimate of drug-likeness (QED) is 0.874. The van der Waals surface area contributed by atoms with Crippen molar-refractivity contribution in [1.29, 1.82) is 0 Å². The van der Waals surface area contributed by atoms with Gasteiger partial charge in [0.15, 0.2) is 0 Å². The van der Waals surface area contributed by atoms with E-state index in [9.17, 15) is 4.79 Å². The van der Waals surface area contributed by atoms with Crippen molar-refractivity contribution >= 4 is 11.6 Å². The van der Waals surface area contributed by atoms with E-state index < -0.39 is 6.61 Å². The zero-order valence-corrected chi connectivity index (χ0v) is 11.2. The molecule has 1 aliphatic rings. The first-order valence-electron chi connectivity index (χ1n) is 6.52. The lowest BCUT2D eigenvalue weighted by molar-refractivity contribution is -0.133. The Labute approximate surface area is 113 Å². The SMILES string of the molecule is COc1ccc(N2CCCN(C(=O)CO)CC2)cc1. The van der Waals surface area contributed by atoms with Gasteiger partial charge in [0.05, 0.1) is 7.11 Å². The highest BCUT2D eigenvalue weighted by atomic mass is 16.5. The third-order valence-electron chi connectivity index (χ3n) is 3.42. The van der Waals surface area contributed by atoms with Crippen LogP contribution in [0.15, 0.2) is 24.3 Å². The van der Waals surface area contributed by atoms with E-state index in [1.807, 2.05) is 24.3 Å². The lowest BCUT2D eigenvalue weighted by Crippen LogP contribution is -2.36. The first-order valence-corrected chi connectivity index (χ1v) is 6.52. The average molecular weight is 264 g/mol. The van der Waals surface area contributed by atoms with Crippen molar-refractivity contribution in [3.8, 4) is 5.75 Å². The number of carbonyl (C=O) groups excluding carboxylic acids is 1. The Morgan fingerprint density at radius 1 is 1.21 bits per heavy atom. The molecule has 0 radical (unpaired) electrons. The zero-order valence-electron chi connectivity index (χ0n) is 11.2. The number of nitrogens with zero attached hydrogens (tertiary/aromatic N) is 2. The monoisotopic (exact) mass is 264 g/mol. The Morgan fingerprint density at radius 2 is 1.95 bits per heavy atom. The number of aliphatic hydroxyl groups excluding tert-OH is 1. The molecule has 1 aliphatic heterocycles. The van der Waals surface area contributed by atoms with Crippen molar-refractivity contribution in [2.24, 2.45) is 0 Å². The van der Waals surface area contributed by atoms with Crippen LogP contribution in [-0.4, -0.2) is 55.8 Å². The van der Waals surface area contributed by atoms with Crippen LogP contribution in [0.4, 0.5) is 5.69 Å². The molecule has 5 heteroatoms. The van der Waals surface area contributed by atoms with Gasteiger partial charge in [0.2, 0.25) is 5.91 Å². The predicted molar refractivity (Wildman–Crippen MR) is 73.5 cm³/mol. The molecule has 1 heterocycles. The minimum absolute atomic E-state index is 0.184. The lowest BCUT2D eigenvalue weighted by atomic mass is 10.2. The summed E-state index contributed by atoms with van der Waals surface area (Å²) in [5.74, 6) is 0.659. The van der Waals surface area contributed by atoms with Gasteiger partial charge in [-0.05, 0) is 30.7 Å². The topological polar surface area (TPSA) is 53.0 Å². The Morgan fingerprint density at radius 3 is 2.58 bits per heavy atom. The molecule has 0 bridgehead atoms. The standard InChI is InChI=1S/C14H20N2O3/c1-19-13-5-3-12(4-6-13)15-7-2-8-16(10-9-15)14(18)11-17/h3-6,17H,2,7-11H2,1H3. The van der Waals surface area contributed by atoms with Crippen LogP contribution in [0.5, 0.6) is 5.75 Å². The van der Waals surface area contributed by atoms with E-state index in [1.54, 1.807) is 12.0 Å². The summed E-state index contributed by atoms with van der Waals surface area (Å²) in [6.45, 7) is 2.68. The van der Waals surface area contributed by atoms with Crippen molar-refractivity contribution in [3.63, 3.8) is 0 Å². The van der Waals surface area contributed by atoms with Crippen LogP contribution in [0, 0.1) is 0 Å². The molecule has 1 aromatic carbocycles. The summed E-state index contributed by atoms with van der Waals surface area (Å²) in [4.78, 5) is 15.5. The van der Waals surface area contributed by atoms with Crippen molar-refractivity contribution in [3.05, 3.63) is 24.3 Å². The van der Waals surface area contributed by atoms with Crippen molar-refractivity contribution in [2.45, 2.75) is 6.42 Å². The van der Waals surface area contributed by atoms with Crippen molar-refractivity contribution in [2.75, 3.05) is 44.8 Å². The van der Waals surface area contributed by atoms with Crippen LogP contribution < -0.4 is 9.64 Å². The summed E-state index contributed by atoms with van der Waals surface area (Å²) in [6, 6.07) is 7.94. The Hall–Kier alpha value is -1.75. The highest BCUT2D eigenvalue weighted by molar-refractivity contribution is 5.77. The number of hydrogen-bond donors (Lipinski definition) is 1. The molecular formula is C14H20N2O3. The normalized spacial score (nSPS) is 16.1. The highest BCUT2D eigenvalue weighted by Gasteiger charge is 2.18. The average Bonchev–Trinajstić information content (AvgIpc) is 2.72. The lowest BCUT2D eigenvalue weighted by Gasteiger charge is -2.23. The summed E-state index contributed by atoms with van der Waals surface area (Å²) >= 11 is 0. The van der Waals surface area contributed by atoms with Gasteiger partial charge in [-0.25, -0.2) is 0 Å². The Balaban J connectivity index is 2.00. The minimum atomic E-state index is -0.400. The van der Waals surface area contributed by atoms with Crippen LogP contribution in [0.2, 0.25) is 0 Å². The molecule has 2 rings (SSSR count). The van der Waals surface area contributed by atoms with Crippen LogP contribution in [0.25, 0.3) is 0 Å². The fourth-order valence-corrected chi connectivity index (χ4v) is 2.32. The van der Waals surface area contributed by atoms with Gasteiger partial charge in [-0.1, -0.05) is 0 Å². The number of anilines is 1. The maximum absolute atomic E-state index is 11.5. The number of carbonyl (C=O) groups is 1. The summed E-state index contributed by atoms with van der Waals surface area (Å²) in [6.07, 6.45) is 0.914. The number of aliphatic hydroxyl groups is 1. The number of amides is 1. The summed E-state index contributed by atoms with van der Waals surface area (Å²) in [7, 11) is 1.65. The highest BCUT2D eigenvalue weighted by Crippen LogP contribution is 2.20. The minimum Gasteiger partial charge on any atom is -0.497 e. The molecular weight excluding hydrogens is 244 g/mol. The molecule has 1 aromatic rings. The second-order valence-corrected chi connectivity index (χ2v) is 4.58. The van der Waals surface area contributed by atoms with Crippen molar-refractivity contribution in [1.82, 2.24) is 4.90 Å².